The molecule has 0 aliphatic carbocycles. The smallest absolute Gasteiger partial charge is 0.219 e. The lowest BCUT2D eigenvalue weighted by Gasteiger charge is -2.41. The lowest BCUT2D eigenvalue weighted by Crippen LogP contribution is -2.42. The summed E-state index contributed by atoms with van der Waals surface area (Å²) in [5.74, 6) is 0.247. The maximum atomic E-state index is 11.3. The maximum Gasteiger partial charge on any atom is 0.219 e. The Morgan fingerprint density at radius 1 is 1.13 bits per heavy atom. The first-order valence-electron chi connectivity index (χ1n) is 6.39. The van der Waals surface area contributed by atoms with E-state index in [0.717, 1.165) is 13.1 Å². The predicted molar refractivity (Wildman–Crippen MR) is 63.7 cm³/mol. The predicted octanol–water partition coefficient (Wildman–Crippen LogP) is 3.22. The molecule has 1 saturated heterocycles. The average Bonchev–Trinajstić information content (AvgIpc) is 2.19. The van der Waals surface area contributed by atoms with E-state index < -0.39 is 0 Å². The van der Waals surface area contributed by atoms with Crippen molar-refractivity contribution >= 4 is 5.91 Å². The lowest BCUT2D eigenvalue weighted by atomic mass is 9.72. The van der Waals surface area contributed by atoms with Gasteiger partial charge in [0, 0.05) is 20.0 Å². The Bertz CT molecular complexity index is 197. The van der Waals surface area contributed by atoms with Gasteiger partial charge in [-0.25, -0.2) is 0 Å². The highest BCUT2D eigenvalue weighted by Gasteiger charge is 2.33. The summed E-state index contributed by atoms with van der Waals surface area (Å²) in [4.78, 5) is 13.3. The zero-order chi connectivity index (χ0) is 11.3. The van der Waals surface area contributed by atoms with Crippen LogP contribution in [0, 0.1) is 5.41 Å². The molecule has 0 aromatic rings. The highest BCUT2D eigenvalue weighted by molar-refractivity contribution is 5.73. The van der Waals surface area contributed by atoms with Crippen LogP contribution in [0.15, 0.2) is 0 Å². The SMILES string of the molecule is CCCC1(CCC)CCN(C(C)=O)CC1. The van der Waals surface area contributed by atoms with Gasteiger partial charge >= 0.3 is 0 Å². The van der Waals surface area contributed by atoms with Crippen LogP contribution in [0.1, 0.15) is 59.3 Å². The normalized spacial score (nSPS) is 20.3. The van der Waals surface area contributed by atoms with Crippen molar-refractivity contribution in [1.29, 1.82) is 0 Å². The summed E-state index contributed by atoms with van der Waals surface area (Å²) in [5.41, 5.74) is 0.551. The molecule has 2 heteroatoms. The molecule has 1 fully saturated rings. The minimum atomic E-state index is 0.247. The Labute approximate surface area is 94.0 Å². The molecule has 0 bridgehead atoms. The minimum Gasteiger partial charge on any atom is -0.343 e. The van der Waals surface area contributed by atoms with Gasteiger partial charge in [0.2, 0.25) is 5.91 Å². The number of carbonyl (C=O) groups excluding carboxylic acids is 1. The number of rotatable bonds is 4. The summed E-state index contributed by atoms with van der Waals surface area (Å²) in [6.45, 7) is 8.20. The first-order chi connectivity index (χ1) is 7.13. The summed E-state index contributed by atoms with van der Waals surface area (Å²) >= 11 is 0. The third-order valence-electron chi connectivity index (χ3n) is 3.83. The molecule has 0 aromatic carbocycles. The van der Waals surface area contributed by atoms with E-state index in [2.05, 4.69) is 13.8 Å². The second kappa shape index (κ2) is 5.53. The molecule has 0 radical (unpaired) electrons. The Morgan fingerprint density at radius 2 is 1.60 bits per heavy atom. The van der Waals surface area contributed by atoms with Gasteiger partial charge in [-0.2, -0.15) is 0 Å². The van der Waals surface area contributed by atoms with Crippen LogP contribution in [0.4, 0.5) is 0 Å². The van der Waals surface area contributed by atoms with Gasteiger partial charge in [0.25, 0.3) is 0 Å². The Hall–Kier alpha value is -0.530. The van der Waals surface area contributed by atoms with E-state index in [1.807, 2.05) is 4.90 Å². The van der Waals surface area contributed by atoms with Crippen molar-refractivity contribution in [3.63, 3.8) is 0 Å². The molecule has 0 spiro atoms. The molecule has 1 rings (SSSR count). The molecule has 0 aromatic heterocycles. The Balaban J connectivity index is 2.52. The molecule has 1 aliphatic rings. The van der Waals surface area contributed by atoms with Crippen LogP contribution in [-0.2, 0) is 4.79 Å². The van der Waals surface area contributed by atoms with Gasteiger partial charge in [0.15, 0.2) is 0 Å². The third kappa shape index (κ3) is 3.22. The zero-order valence-electron chi connectivity index (χ0n) is 10.5. The van der Waals surface area contributed by atoms with Gasteiger partial charge < -0.3 is 4.90 Å². The molecular formula is C13H25NO. The first-order valence-corrected chi connectivity index (χ1v) is 6.39. The van der Waals surface area contributed by atoms with Crippen LogP contribution in [-0.4, -0.2) is 23.9 Å². The van der Waals surface area contributed by atoms with E-state index >= 15 is 0 Å². The molecular weight excluding hydrogens is 186 g/mol. The molecule has 1 heterocycles. The molecule has 1 aliphatic heterocycles. The van der Waals surface area contributed by atoms with Crippen molar-refractivity contribution in [2.75, 3.05) is 13.1 Å². The van der Waals surface area contributed by atoms with Gasteiger partial charge in [0.1, 0.15) is 0 Å². The molecule has 1 amide bonds. The fraction of sp³-hybridized carbons (Fsp3) is 0.923. The van der Waals surface area contributed by atoms with Crippen LogP contribution in [0.3, 0.4) is 0 Å². The number of hydrogen-bond donors (Lipinski definition) is 0. The molecule has 0 saturated carbocycles. The summed E-state index contributed by atoms with van der Waals surface area (Å²) in [7, 11) is 0. The molecule has 88 valence electrons. The van der Waals surface area contributed by atoms with E-state index in [1.165, 1.54) is 38.5 Å². The summed E-state index contributed by atoms with van der Waals surface area (Å²) < 4.78 is 0. The number of amides is 1. The van der Waals surface area contributed by atoms with Crippen LogP contribution >= 0.6 is 0 Å². The van der Waals surface area contributed by atoms with Crippen molar-refractivity contribution < 1.29 is 4.79 Å². The van der Waals surface area contributed by atoms with Gasteiger partial charge in [0.05, 0.1) is 0 Å². The van der Waals surface area contributed by atoms with Crippen molar-refractivity contribution in [3.8, 4) is 0 Å². The minimum absolute atomic E-state index is 0.247. The van der Waals surface area contributed by atoms with Crippen molar-refractivity contribution in [2.24, 2.45) is 5.41 Å². The molecule has 15 heavy (non-hydrogen) atoms. The number of piperidine rings is 1. The van der Waals surface area contributed by atoms with Gasteiger partial charge in [-0.1, -0.05) is 26.7 Å². The van der Waals surface area contributed by atoms with Crippen molar-refractivity contribution in [3.05, 3.63) is 0 Å². The summed E-state index contributed by atoms with van der Waals surface area (Å²) in [6, 6.07) is 0. The number of likely N-dealkylation sites (tertiary alicyclic amines) is 1. The van der Waals surface area contributed by atoms with Crippen LogP contribution in [0.2, 0.25) is 0 Å². The molecule has 0 atom stereocenters. The van der Waals surface area contributed by atoms with Crippen molar-refractivity contribution in [2.45, 2.75) is 59.3 Å². The van der Waals surface area contributed by atoms with Gasteiger partial charge in [-0.05, 0) is 31.1 Å². The fourth-order valence-electron chi connectivity index (χ4n) is 2.98. The standard InChI is InChI=1S/C13H25NO/c1-4-6-13(7-5-2)8-10-14(11-9-13)12(3)15/h4-11H2,1-3H3. The average molecular weight is 211 g/mol. The topological polar surface area (TPSA) is 20.3 Å². The molecule has 0 unspecified atom stereocenters. The number of carbonyl (C=O) groups is 1. The Kier molecular flexibility index (Phi) is 4.62. The highest BCUT2D eigenvalue weighted by atomic mass is 16.2. The monoisotopic (exact) mass is 211 g/mol. The largest absolute Gasteiger partial charge is 0.343 e. The van der Waals surface area contributed by atoms with E-state index in [9.17, 15) is 4.79 Å². The number of hydrogen-bond acceptors (Lipinski definition) is 1. The molecule has 0 N–H and O–H groups in total. The Morgan fingerprint density at radius 3 is 1.93 bits per heavy atom. The zero-order valence-corrected chi connectivity index (χ0v) is 10.5. The lowest BCUT2D eigenvalue weighted by molar-refractivity contribution is -0.131. The quantitative estimate of drug-likeness (QED) is 0.699. The van der Waals surface area contributed by atoms with E-state index in [1.54, 1.807) is 6.92 Å². The van der Waals surface area contributed by atoms with E-state index in [-0.39, 0.29) is 5.91 Å². The second-order valence-corrected chi connectivity index (χ2v) is 5.01. The molecule has 2 nitrogen and oxygen atoms in total. The van der Waals surface area contributed by atoms with Crippen LogP contribution < -0.4 is 0 Å². The summed E-state index contributed by atoms with van der Waals surface area (Å²) in [6.07, 6.45) is 7.67. The van der Waals surface area contributed by atoms with Crippen LogP contribution in [0.5, 0.6) is 0 Å². The summed E-state index contributed by atoms with van der Waals surface area (Å²) in [5, 5.41) is 0. The van der Waals surface area contributed by atoms with Crippen molar-refractivity contribution in [1.82, 2.24) is 4.90 Å². The van der Waals surface area contributed by atoms with Gasteiger partial charge in [-0.15, -0.1) is 0 Å². The highest BCUT2D eigenvalue weighted by Crippen LogP contribution is 2.40. The van der Waals surface area contributed by atoms with Gasteiger partial charge in [-0.3, -0.25) is 4.79 Å². The first kappa shape index (κ1) is 12.5. The maximum absolute atomic E-state index is 11.3. The second-order valence-electron chi connectivity index (χ2n) is 5.01. The fourth-order valence-corrected chi connectivity index (χ4v) is 2.98. The van der Waals surface area contributed by atoms with Crippen LogP contribution in [0.25, 0.3) is 0 Å². The van der Waals surface area contributed by atoms with E-state index in [0.29, 0.717) is 5.41 Å². The third-order valence-corrected chi connectivity index (χ3v) is 3.83. The number of nitrogens with zero attached hydrogens (tertiary/aromatic N) is 1. The van der Waals surface area contributed by atoms with E-state index in [4.69, 9.17) is 0 Å².